The molecule has 9 heteroatoms. The topological polar surface area (TPSA) is 114 Å². The number of nitrogens with one attached hydrogen (secondary N) is 1. The van der Waals surface area contributed by atoms with Crippen LogP contribution in [0.4, 0.5) is 5.69 Å². The fourth-order valence-electron chi connectivity index (χ4n) is 4.21. The second-order valence-electron chi connectivity index (χ2n) is 8.69. The van der Waals surface area contributed by atoms with Crippen molar-refractivity contribution in [3.63, 3.8) is 0 Å². The molecule has 168 valence electrons. The number of hydrogen-bond acceptors (Lipinski definition) is 6. The number of para-hydroxylation sites is 1. The van der Waals surface area contributed by atoms with Gasteiger partial charge in [-0.15, -0.1) is 0 Å². The summed E-state index contributed by atoms with van der Waals surface area (Å²) < 4.78 is 6.99. The highest BCUT2D eigenvalue weighted by Crippen LogP contribution is 2.32. The number of aromatic amines is 1. The van der Waals surface area contributed by atoms with E-state index in [1.165, 1.54) is 4.57 Å². The lowest BCUT2D eigenvalue weighted by atomic mass is 10.1. The number of amides is 1. The van der Waals surface area contributed by atoms with Gasteiger partial charge in [-0.25, -0.2) is 0 Å². The Kier molecular flexibility index (Phi) is 5.16. The number of aromatic nitrogens is 4. The van der Waals surface area contributed by atoms with E-state index in [-0.39, 0.29) is 17.7 Å². The Morgan fingerprint density at radius 3 is 2.67 bits per heavy atom. The van der Waals surface area contributed by atoms with Gasteiger partial charge in [-0.1, -0.05) is 37.2 Å². The largest absolute Gasteiger partial charge is 0.339 e. The first kappa shape index (κ1) is 20.9. The summed E-state index contributed by atoms with van der Waals surface area (Å²) in [6, 6.07) is 14.8. The van der Waals surface area contributed by atoms with Crippen LogP contribution in [0.25, 0.3) is 22.4 Å². The third-order valence-corrected chi connectivity index (χ3v) is 5.76. The van der Waals surface area contributed by atoms with Crippen LogP contribution < -0.4 is 16.0 Å². The highest BCUT2D eigenvalue weighted by molar-refractivity contribution is 5.96. The molecule has 1 amide bonds. The van der Waals surface area contributed by atoms with Gasteiger partial charge in [0.1, 0.15) is 0 Å². The lowest BCUT2D eigenvalue weighted by Crippen LogP contribution is -2.37. The normalized spacial score (nSPS) is 16.3. The van der Waals surface area contributed by atoms with Gasteiger partial charge in [0.05, 0.1) is 17.0 Å². The van der Waals surface area contributed by atoms with E-state index < -0.39 is 11.1 Å². The lowest BCUT2D eigenvalue weighted by molar-refractivity contribution is -0.117. The minimum Gasteiger partial charge on any atom is -0.339 e. The zero-order valence-corrected chi connectivity index (χ0v) is 18.3. The molecule has 3 heterocycles. The zero-order chi connectivity index (χ0) is 23.1. The molecule has 4 aromatic rings. The Morgan fingerprint density at radius 1 is 1.12 bits per heavy atom. The Labute approximate surface area is 188 Å². The average Bonchev–Trinajstić information content (AvgIpc) is 3.44. The lowest BCUT2D eigenvalue weighted by Gasteiger charge is -2.15. The number of carbonyl (C=O) groups is 1. The maximum absolute atomic E-state index is 12.5. The molecule has 1 atom stereocenters. The second-order valence-corrected chi connectivity index (χ2v) is 8.69. The summed E-state index contributed by atoms with van der Waals surface area (Å²) in [6.07, 6.45) is 0.295. The van der Waals surface area contributed by atoms with E-state index in [4.69, 9.17) is 4.52 Å². The highest BCUT2D eigenvalue weighted by atomic mass is 16.5. The number of fused-ring (bicyclic) bond motifs is 1. The summed E-state index contributed by atoms with van der Waals surface area (Å²) in [4.78, 5) is 45.9. The molecule has 2 aromatic carbocycles. The molecular weight excluding hydrogens is 422 g/mol. The van der Waals surface area contributed by atoms with E-state index in [1.807, 2.05) is 44.2 Å². The summed E-state index contributed by atoms with van der Waals surface area (Å²) >= 11 is 0. The van der Waals surface area contributed by atoms with Crippen LogP contribution in [0.2, 0.25) is 0 Å². The molecule has 0 saturated carbocycles. The number of anilines is 1. The van der Waals surface area contributed by atoms with E-state index in [0.29, 0.717) is 47.8 Å². The molecule has 0 unspecified atom stereocenters. The van der Waals surface area contributed by atoms with Crippen LogP contribution in [0.5, 0.6) is 0 Å². The molecule has 5 rings (SSSR count). The maximum atomic E-state index is 12.5. The van der Waals surface area contributed by atoms with Crippen molar-refractivity contribution in [3.8, 4) is 11.4 Å². The van der Waals surface area contributed by atoms with Crippen LogP contribution in [-0.4, -0.2) is 32.1 Å². The fraction of sp³-hybridized carbons (Fsp3) is 0.292. The van der Waals surface area contributed by atoms with Crippen LogP contribution >= 0.6 is 0 Å². The quantitative estimate of drug-likeness (QED) is 0.473. The summed E-state index contributed by atoms with van der Waals surface area (Å²) in [5.74, 6) is 0.777. The first-order chi connectivity index (χ1) is 15.9. The van der Waals surface area contributed by atoms with Gasteiger partial charge in [0.25, 0.3) is 0 Å². The van der Waals surface area contributed by atoms with Gasteiger partial charge in [0.2, 0.25) is 17.6 Å². The molecule has 0 spiro atoms. The van der Waals surface area contributed by atoms with E-state index in [9.17, 15) is 14.4 Å². The predicted octanol–water partition coefficient (Wildman–Crippen LogP) is 2.92. The van der Waals surface area contributed by atoms with E-state index in [0.717, 1.165) is 5.69 Å². The number of nitrogens with zero attached hydrogens (tertiary/aromatic N) is 4. The van der Waals surface area contributed by atoms with E-state index in [1.54, 1.807) is 23.1 Å². The Hall–Kier alpha value is -4.01. The Bertz CT molecular complexity index is 1450. The van der Waals surface area contributed by atoms with Crippen LogP contribution in [0.1, 0.15) is 32.1 Å². The van der Waals surface area contributed by atoms with Crippen molar-refractivity contribution >= 4 is 22.6 Å². The SMILES string of the molecule is CC(C)Cn1c(=O)c(=O)[nH]c2cc(-c3noc([C@@H]4CC(=O)N(c5ccccc5)C4)n3)ccc21. The van der Waals surface area contributed by atoms with Crippen LogP contribution in [-0.2, 0) is 11.3 Å². The van der Waals surface area contributed by atoms with Crippen molar-refractivity contribution in [2.24, 2.45) is 5.92 Å². The molecule has 33 heavy (non-hydrogen) atoms. The fourth-order valence-corrected chi connectivity index (χ4v) is 4.21. The molecule has 1 fully saturated rings. The van der Waals surface area contributed by atoms with Crippen molar-refractivity contribution in [1.29, 1.82) is 0 Å². The molecule has 0 aliphatic carbocycles. The first-order valence-electron chi connectivity index (χ1n) is 10.9. The molecule has 0 radical (unpaired) electrons. The number of rotatable bonds is 5. The van der Waals surface area contributed by atoms with Gasteiger partial charge in [-0.3, -0.25) is 14.4 Å². The summed E-state index contributed by atoms with van der Waals surface area (Å²) in [6.45, 7) is 4.89. The predicted molar refractivity (Wildman–Crippen MR) is 123 cm³/mol. The maximum Gasteiger partial charge on any atom is 0.316 e. The van der Waals surface area contributed by atoms with Gasteiger partial charge in [-0.05, 0) is 36.2 Å². The second kappa shape index (κ2) is 8.16. The van der Waals surface area contributed by atoms with Crippen LogP contribution in [0, 0.1) is 5.92 Å². The van der Waals surface area contributed by atoms with Crippen molar-refractivity contribution in [2.45, 2.75) is 32.7 Å². The minimum absolute atomic E-state index is 0.0114. The number of benzene rings is 2. The Morgan fingerprint density at radius 2 is 1.91 bits per heavy atom. The molecule has 1 N–H and O–H groups in total. The van der Waals surface area contributed by atoms with E-state index >= 15 is 0 Å². The van der Waals surface area contributed by atoms with Gasteiger partial charge < -0.3 is 19.0 Å². The molecule has 0 bridgehead atoms. The standard InChI is InChI=1S/C24H23N5O4/c1-14(2)12-29-19-9-8-15(10-18(19)25-22(31)24(29)32)21-26-23(33-27-21)16-11-20(30)28(13-16)17-6-4-3-5-7-17/h3-10,14,16H,11-13H2,1-2H3,(H,25,31)/t16-/m1/s1. The van der Waals surface area contributed by atoms with Gasteiger partial charge in [0, 0.05) is 30.8 Å². The summed E-state index contributed by atoms with van der Waals surface area (Å²) in [5, 5.41) is 4.09. The molecule has 9 nitrogen and oxygen atoms in total. The molecular formula is C24H23N5O4. The summed E-state index contributed by atoms with van der Waals surface area (Å²) in [5.41, 5.74) is 1.41. The van der Waals surface area contributed by atoms with Crippen molar-refractivity contribution in [3.05, 3.63) is 75.1 Å². The van der Waals surface area contributed by atoms with E-state index in [2.05, 4.69) is 15.1 Å². The minimum atomic E-state index is -0.667. The third kappa shape index (κ3) is 3.86. The van der Waals surface area contributed by atoms with Crippen molar-refractivity contribution < 1.29 is 9.32 Å². The highest BCUT2D eigenvalue weighted by Gasteiger charge is 2.35. The molecule has 1 saturated heterocycles. The average molecular weight is 445 g/mol. The Balaban J connectivity index is 1.45. The molecule has 1 aliphatic rings. The third-order valence-electron chi connectivity index (χ3n) is 5.76. The van der Waals surface area contributed by atoms with Crippen LogP contribution in [0.3, 0.4) is 0 Å². The van der Waals surface area contributed by atoms with Gasteiger partial charge in [0.15, 0.2) is 0 Å². The van der Waals surface area contributed by atoms with Crippen molar-refractivity contribution in [1.82, 2.24) is 19.7 Å². The van der Waals surface area contributed by atoms with Gasteiger partial charge in [-0.2, -0.15) is 4.98 Å². The van der Waals surface area contributed by atoms with Crippen LogP contribution in [0.15, 0.2) is 62.6 Å². The number of H-pyrrole nitrogens is 1. The molecule has 1 aliphatic heterocycles. The smallest absolute Gasteiger partial charge is 0.316 e. The summed E-state index contributed by atoms with van der Waals surface area (Å²) in [7, 11) is 0. The first-order valence-corrected chi connectivity index (χ1v) is 10.9. The van der Waals surface area contributed by atoms with Gasteiger partial charge >= 0.3 is 11.1 Å². The number of carbonyl (C=O) groups excluding carboxylic acids is 1. The molecule has 2 aromatic heterocycles. The number of hydrogen-bond donors (Lipinski definition) is 1. The zero-order valence-electron chi connectivity index (χ0n) is 18.3. The van der Waals surface area contributed by atoms with Crippen molar-refractivity contribution in [2.75, 3.05) is 11.4 Å². The monoisotopic (exact) mass is 445 g/mol.